The van der Waals surface area contributed by atoms with E-state index in [9.17, 15) is 13.2 Å². The second-order valence-corrected chi connectivity index (χ2v) is 5.98. The van der Waals surface area contributed by atoms with Crippen LogP contribution in [0.4, 0.5) is 13.2 Å². The Morgan fingerprint density at radius 3 is 2.20 bits per heavy atom. The van der Waals surface area contributed by atoms with Gasteiger partial charge in [0.1, 0.15) is 5.82 Å². The summed E-state index contributed by atoms with van der Waals surface area (Å²) < 4.78 is 39.8. The summed E-state index contributed by atoms with van der Waals surface area (Å²) in [6.45, 7) is 4.01. The highest BCUT2D eigenvalue weighted by Crippen LogP contribution is 2.30. The fraction of sp³-hybridized carbons (Fsp3) is 0.250. The summed E-state index contributed by atoms with van der Waals surface area (Å²) in [7, 11) is 0. The molecule has 1 unspecified atom stereocenters. The fourth-order valence-corrected chi connectivity index (χ4v) is 2.75. The molecule has 106 valence electrons. The van der Waals surface area contributed by atoms with Crippen LogP contribution in [0.1, 0.15) is 27.1 Å². The van der Waals surface area contributed by atoms with E-state index < -0.39 is 22.3 Å². The highest BCUT2D eigenvalue weighted by molar-refractivity contribution is 9.09. The summed E-state index contributed by atoms with van der Waals surface area (Å²) in [5, 5.41) is 0. The van der Waals surface area contributed by atoms with Crippen LogP contribution >= 0.6 is 15.9 Å². The summed E-state index contributed by atoms with van der Waals surface area (Å²) in [6, 6.07) is 7.45. The fourth-order valence-electron chi connectivity index (χ4n) is 2.03. The molecule has 0 saturated carbocycles. The summed E-state index contributed by atoms with van der Waals surface area (Å²) in [6.07, 6.45) is 0.503. The van der Waals surface area contributed by atoms with Crippen molar-refractivity contribution < 1.29 is 13.2 Å². The first-order valence-electron chi connectivity index (χ1n) is 6.23. The van der Waals surface area contributed by atoms with Gasteiger partial charge in [-0.1, -0.05) is 34.1 Å². The first kappa shape index (κ1) is 15.1. The van der Waals surface area contributed by atoms with Gasteiger partial charge in [0.05, 0.1) is 0 Å². The predicted octanol–water partition coefficient (Wildman–Crippen LogP) is 5.40. The van der Waals surface area contributed by atoms with E-state index in [2.05, 4.69) is 15.9 Å². The lowest BCUT2D eigenvalue weighted by molar-refractivity contribution is 0.489. The normalized spacial score (nSPS) is 12.5. The number of halogens is 4. The zero-order chi connectivity index (χ0) is 14.9. The van der Waals surface area contributed by atoms with Crippen LogP contribution < -0.4 is 0 Å². The number of alkyl halides is 1. The van der Waals surface area contributed by atoms with Crippen molar-refractivity contribution >= 4 is 15.9 Å². The molecule has 2 aromatic rings. The van der Waals surface area contributed by atoms with Crippen molar-refractivity contribution in [1.29, 1.82) is 0 Å². The molecule has 0 aliphatic heterocycles. The molecule has 0 N–H and O–H groups in total. The van der Waals surface area contributed by atoms with Crippen LogP contribution in [0.3, 0.4) is 0 Å². The maximum absolute atomic E-state index is 13.7. The smallest absolute Gasteiger partial charge is 0.161 e. The van der Waals surface area contributed by atoms with Crippen molar-refractivity contribution in [2.75, 3.05) is 0 Å². The van der Waals surface area contributed by atoms with Crippen molar-refractivity contribution in [1.82, 2.24) is 0 Å². The van der Waals surface area contributed by atoms with Crippen molar-refractivity contribution in [2.24, 2.45) is 0 Å². The van der Waals surface area contributed by atoms with E-state index in [0.29, 0.717) is 12.5 Å². The molecule has 0 spiro atoms. The van der Waals surface area contributed by atoms with Gasteiger partial charge in [-0.3, -0.25) is 0 Å². The average Bonchev–Trinajstić information content (AvgIpc) is 2.38. The minimum Gasteiger partial charge on any atom is -0.207 e. The lowest BCUT2D eigenvalue weighted by atomic mass is 10.00. The molecule has 0 bridgehead atoms. The third kappa shape index (κ3) is 3.23. The topological polar surface area (TPSA) is 0 Å². The maximum atomic E-state index is 13.7. The lowest BCUT2D eigenvalue weighted by Gasteiger charge is -2.13. The summed E-state index contributed by atoms with van der Waals surface area (Å²) in [4.78, 5) is -0.403. The predicted molar refractivity (Wildman–Crippen MR) is 77.6 cm³/mol. The van der Waals surface area contributed by atoms with Gasteiger partial charge in [0.15, 0.2) is 11.6 Å². The van der Waals surface area contributed by atoms with E-state index in [-0.39, 0.29) is 5.56 Å². The Kier molecular flexibility index (Phi) is 4.53. The van der Waals surface area contributed by atoms with Crippen LogP contribution in [0, 0.1) is 31.3 Å². The summed E-state index contributed by atoms with van der Waals surface area (Å²) in [5.74, 6) is -2.95. The van der Waals surface area contributed by atoms with Gasteiger partial charge in [-0.25, -0.2) is 13.2 Å². The average molecular weight is 343 g/mol. The summed E-state index contributed by atoms with van der Waals surface area (Å²) >= 11 is 3.35. The number of hydrogen-bond donors (Lipinski definition) is 0. The Morgan fingerprint density at radius 2 is 1.55 bits per heavy atom. The van der Waals surface area contributed by atoms with E-state index in [1.807, 2.05) is 32.0 Å². The highest BCUT2D eigenvalue weighted by Gasteiger charge is 2.17. The Bertz CT molecular complexity index is 638. The third-order valence-corrected chi connectivity index (χ3v) is 4.18. The number of benzene rings is 2. The second kappa shape index (κ2) is 6.00. The van der Waals surface area contributed by atoms with Crippen LogP contribution in [0.25, 0.3) is 0 Å². The van der Waals surface area contributed by atoms with E-state index in [0.717, 1.165) is 17.2 Å². The van der Waals surface area contributed by atoms with Crippen LogP contribution in [-0.2, 0) is 6.42 Å². The molecule has 0 nitrogen and oxygen atoms in total. The molecule has 0 radical (unpaired) electrons. The van der Waals surface area contributed by atoms with E-state index in [1.165, 1.54) is 5.56 Å². The molecular weight excluding hydrogens is 329 g/mol. The van der Waals surface area contributed by atoms with Crippen molar-refractivity contribution in [2.45, 2.75) is 25.1 Å². The lowest BCUT2D eigenvalue weighted by Crippen LogP contribution is -2.02. The zero-order valence-electron chi connectivity index (χ0n) is 11.2. The van der Waals surface area contributed by atoms with Crippen LogP contribution in [0.2, 0.25) is 0 Å². The Labute approximate surface area is 124 Å². The number of aryl methyl sites for hydroxylation is 2. The molecule has 0 aromatic heterocycles. The molecule has 4 heteroatoms. The van der Waals surface area contributed by atoms with Crippen LogP contribution in [0.5, 0.6) is 0 Å². The molecule has 0 fully saturated rings. The molecule has 2 aromatic carbocycles. The first-order chi connectivity index (χ1) is 9.38. The van der Waals surface area contributed by atoms with E-state index >= 15 is 0 Å². The van der Waals surface area contributed by atoms with Gasteiger partial charge in [0.25, 0.3) is 0 Å². The molecular formula is C16H14BrF3. The molecule has 20 heavy (non-hydrogen) atoms. The van der Waals surface area contributed by atoms with Crippen molar-refractivity contribution in [3.63, 3.8) is 0 Å². The van der Waals surface area contributed by atoms with Gasteiger partial charge in [0, 0.05) is 16.5 Å². The van der Waals surface area contributed by atoms with Crippen molar-refractivity contribution in [3.8, 4) is 0 Å². The molecule has 0 saturated heterocycles. The maximum Gasteiger partial charge on any atom is 0.161 e. The Balaban J connectivity index is 2.25. The SMILES string of the molecule is Cc1ccc(CC(Br)c2cc(F)c(F)cc2F)cc1C. The molecule has 0 aliphatic rings. The quantitative estimate of drug-likeness (QED) is 0.517. The largest absolute Gasteiger partial charge is 0.207 e. The number of hydrogen-bond acceptors (Lipinski definition) is 0. The summed E-state index contributed by atoms with van der Waals surface area (Å²) in [5.41, 5.74) is 3.47. The Morgan fingerprint density at radius 1 is 0.900 bits per heavy atom. The van der Waals surface area contributed by atoms with Gasteiger partial charge in [-0.05, 0) is 43.0 Å². The van der Waals surface area contributed by atoms with E-state index in [4.69, 9.17) is 0 Å². The van der Waals surface area contributed by atoms with Gasteiger partial charge in [-0.15, -0.1) is 0 Å². The van der Waals surface area contributed by atoms with Gasteiger partial charge < -0.3 is 0 Å². The van der Waals surface area contributed by atoms with Gasteiger partial charge >= 0.3 is 0 Å². The number of rotatable bonds is 3. The third-order valence-electron chi connectivity index (χ3n) is 3.36. The van der Waals surface area contributed by atoms with Crippen LogP contribution in [-0.4, -0.2) is 0 Å². The standard InChI is InChI=1S/C16H14BrF3/c1-9-3-4-11(5-10(9)2)6-13(17)12-7-15(19)16(20)8-14(12)18/h3-5,7-8,13H,6H2,1-2H3. The molecule has 0 amide bonds. The molecule has 0 heterocycles. The van der Waals surface area contributed by atoms with Crippen molar-refractivity contribution in [3.05, 3.63) is 70.0 Å². The second-order valence-electron chi connectivity index (χ2n) is 4.88. The zero-order valence-corrected chi connectivity index (χ0v) is 12.8. The minimum atomic E-state index is -1.17. The van der Waals surface area contributed by atoms with Gasteiger partial charge in [0.2, 0.25) is 0 Å². The molecule has 2 rings (SSSR count). The molecule has 1 atom stereocenters. The first-order valence-corrected chi connectivity index (χ1v) is 7.14. The monoisotopic (exact) mass is 342 g/mol. The van der Waals surface area contributed by atoms with E-state index in [1.54, 1.807) is 0 Å². The minimum absolute atomic E-state index is 0.127. The molecule has 0 aliphatic carbocycles. The van der Waals surface area contributed by atoms with Gasteiger partial charge in [-0.2, -0.15) is 0 Å². The van der Waals surface area contributed by atoms with Crippen LogP contribution in [0.15, 0.2) is 30.3 Å². The Hall–Kier alpha value is -1.29. The highest BCUT2D eigenvalue weighted by atomic mass is 79.9.